The molecule has 0 spiro atoms. The Kier molecular flexibility index (Phi) is 7.19. The third-order valence-corrected chi connectivity index (χ3v) is 4.15. The van der Waals surface area contributed by atoms with Crippen LogP contribution in [0.2, 0.25) is 0 Å². The lowest BCUT2D eigenvalue weighted by Gasteiger charge is -2.25. The highest BCUT2D eigenvalue weighted by molar-refractivity contribution is 5.49. The van der Waals surface area contributed by atoms with Gasteiger partial charge in [-0.05, 0) is 74.7 Å². The van der Waals surface area contributed by atoms with Gasteiger partial charge in [0.25, 0.3) is 0 Å². The number of aromatic nitrogens is 1. The summed E-state index contributed by atoms with van der Waals surface area (Å²) in [5.74, 6) is 0.353. The lowest BCUT2D eigenvalue weighted by molar-refractivity contribution is 0.622. The number of pyridine rings is 1. The first-order valence-corrected chi connectivity index (χ1v) is 8.94. The van der Waals surface area contributed by atoms with E-state index >= 15 is 0 Å². The molecule has 0 atom stereocenters. The fourth-order valence-corrected chi connectivity index (χ4v) is 3.02. The van der Waals surface area contributed by atoms with Crippen LogP contribution in [-0.4, -0.2) is 31.7 Å². The van der Waals surface area contributed by atoms with E-state index in [0.29, 0.717) is 5.82 Å². The van der Waals surface area contributed by atoms with Crippen LogP contribution in [0.4, 0.5) is 15.9 Å². The zero-order valence-corrected chi connectivity index (χ0v) is 15.5. The molecule has 0 saturated heterocycles. The monoisotopic (exact) mass is 344 g/mol. The molecule has 2 rings (SSSR count). The summed E-state index contributed by atoms with van der Waals surface area (Å²) in [7, 11) is 1.93. The number of rotatable bonds is 9. The van der Waals surface area contributed by atoms with Gasteiger partial charge in [0.15, 0.2) is 0 Å². The zero-order chi connectivity index (χ0) is 18.2. The fraction of sp³-hybridized carbons (Fsp3) is 0.450. The topological polar surface area (TPSA) is 54.2 Å². The van der Waals surface area contributed by atoms with Crippen molar-refractivity contribution in [1.82, 2.24) is 10.3 Å². The smallest absolute Gasteiger partial charge is 0.125 e. The van der Waals surface area contributed by atoms with Crippen molar-refractivity contribution in [1.29, 1.82) is 0 Å². The van der Waals surface area contributed by atoms with Gasteiger partial charge in [0.2, 0.25) is 0 Å². The van der Waals surface area contributed by atoms with Crippen LogP contribution >= 0.6 is 0 Å². The minimum Gasteiger partial charge on any atom is -0.384 e. The van der Waals surface area contributed by atoms with Crippen molar-refractivity contribution in [2.24, 2.45) is 0 Å². The molecule has 5 heteroatoms. The van der Waals surface area contributed by atoms with Crippen LogP contribution in [0, 0.1) is 12.7 Å². The van der Waals surface area contributed by atoms with E-state index in [1.807, 2.05) is 26.1 Å². The molecule has 0 amide bonds. The van der Waals surface area contributed by atoms with Gasteiger partial charge in [-0.15, -0.1) is 0 Å². The van der Waals surface area contributed by atoms with Crippen molar-refractivity contribution in [2.45, 2.75) is 33.1 Å². The number of hydrogen-bond acceptors (Lipinski definition) is 4. The highest BCUT2D eigenvalue weighted by Gasteiger charge is 2.09. The van der Waals surface area contributed by atoms with Gasteiger partial charge in [-0.3, -0.25) is 0 Å². The van der Waals surface area contributed by atoms with Gasteiger partial charge in [0.05, 0.1) is 0 Å². The minimum absolute atomic E-state index is 0.185. The number of nitrogens with zero attached hydrogens (tertiary/aromatic N) is 2. The Morgan fingerprint density at radius 1 is 1.12 bits per heavy atom. The standard InChI is InChI=1S/C20H29FN4/c1-4-8-25(9-7-23-3)19-13-16(12-17(21)14-19)5-6-18-10-15(2)11-20(22)24-18/h10-14,23H,4-9H2,1-3H3,(H2,22,24). The van der Waals surface area contributed by atoms with E-state index in [9.17, 15) is 4.39 Å². The van der Waals surface area contributed by atoms with Crippen LogP contribution < -0.4 is 16.0 Å². The summed E-state index contributed by atoms with van der Waals surface area (Å²) in [4.78, 5) is 6.59. The van der Waals surface area contributed by atoms with Crippen LogP contribution in [0.1, 0.15) is 30.2 Å². The van der Waals surface area contributed by atoms with Gasteiger partial charge in [-0.2, -0.15) is 0 Å². The lowest BCUT2D eigenvalue weighted by Crippen LogP contribution is -2.31. The molecule has 136 valence electrons. The predicted molar refractivity (Wildman–Crippen MR) is 104 cm³/mol. The zero-order valence-electron chi connectivity index (χ0n) is 15.5. The Balaban J connectivity index is 2.13. The number of benzene rings is 1. The maximum Gasteiger partial charge on any atom is 0.125 e. The molecule has 0 aliphatic heterocycles. The number of halogens is 1. The molecule has 0 aliphatic carbocycles. The second-order valence-corrected chi connectivity index (χ2v) is 6.47. The maximum absolute atomic E-state index is 14.1. The predicted octanol–water partition coefficient (Wildman–Crippen LogP) is 3.33. The molecular weight excluding hydrogens is 315 g/mol. The molecule has 0 saturated carbocycles. The van der Waals surface area contributed by atoms with Crippen LogP contribution in [0.5, 0.6) is 0 Å². The Morgan fingerprint density at radius 2 is 1.92 bits per heavy atom. The molecule has 1 aromatic carbocycles. The third kappa shape index (κ3) is 6.02. The first-order valence-electron chi connectivity index (χ1n) is 8.94. The third-order valence-electron chi connectivity index (χ3n) is 4.15. The summed E-state index contributed by atoms with van der Waals surface area (Å²) in [6, 6.07) is 9.22. The molecule has 0 aliphatic rings. The number of hydrogen-bond donors (Lipinski definition) is 2. The number of nitrogens with two attached hydrogens (primary N) is 1. The first kappa shape index (κ1) is 19.2. The van der Waals surface area contributed by atoms with Crippen LogP contribution in [-0.2, 0) is 12.8 Å². The van der Waals surface area contributed by atoms with Crippen LogP contribution in [0.25, 0.3) is 0 Å². The maximum atomic E-state index is 14.1. The molecule has 2 aromatic rings. The van der Waals surface area contributed by atoms with E-state index in [1.54, 1.807) is 12.1 Å². The second-order valence-electron chi connectivity index (χ2n) is 6.47. The summed E-state index contributed by atoms with van der Waals surface area (Å²) >= 11 is 0. The Labute approximate surface area is 150 Å². The van der Waals surface area contributed by atoms with Gasteiger partial charge < -0.3 is 16.0 Å². The molecule has 0 bridgehead atoms. The highest BCUT2D eigenvalue weighted by Crippen LogP contribution is 2.20. The van der Waals surface area contributed by atoms with Gasteiger partial charge in [0, 0.05) is 31.0 Å². The van der Waals surface area contributed by atoms with Crippen molar-refractivity contribution in [3.05, 3.63) is 53.0 Å². The van der Waals surface area contributed by atoms with Crippen LogP contribution in [0.15, 0.2) is 30.3 Å². The van der Waals surface area contributed by atoms with E-state index in [4.69, 9.17) is 5.73 Å². The van der Waals surface area contributed by atoms with E-state index in [2.05, 4.69) is 28.2 Å². The summed E-state index contributed by atoms with van der Waals surface area (Å²) < 4.78 is 14.1. The van der Waals surface area contributed by atoms with E-state index in [-0.39, 0.29) is 5.82 Å². The molecule has 25 heavy (non-hydrogen) atoms. The molecular formula is C20H29FN4. The van der Waals surface area contributed by atoms with E-state index in [0.717, 1.165) is 61.4 Å². The number of nitrogens with one attached hydrogen (secondary N) is 1. The number of nitrogen functional groups attached to an aromatic ring is 1. The number of likely N-dealkylation sites (N-methyl/N-ethyl adjacent to an activating group) is 1. The molecule has 3 N–H and O–H groups in total. The summed E-state index contributed by atoms with van der Waals surface area (Å²) in [6.45, 7) is 6.80. The van der Waals surface area contributed by atoms with E-state index < -0.39 is 0 Å². The number of aryl methyl sites for hydroxylation is 3. The average Bonchev–Trinajstić information content (AvgIpc) is 2.55. The normalized spacial score (nSPS) is 10.9. The molecule has 0 fully saturated rings. The molecule has 0 unspecified atom stereocenters. The van der Waals surface area contributed by atoms with Crippen LogP contribution in [0.3, 0.4) is 0 Å². The molecule has 1 heterocycles. The molecule has 1 aromatic heterocycles. The second kappa shape index (κ2) is 9.37. The van der Waals surface area contributed by atoms with Crippen molar-refractivity contribution in [3.8, 4) is 0 Å². The Morgan fingerprint density at radius 3 is 2.60 bits per heavy atom. The summed E-state index contributed by atoms with van der Waals surface area (Å²) in [6.07, 6.45) is 2.52. The Bertz CT molecular complexity index is 667. The minimum atomic E-state index is -0.185. The van der Waals surface area contributed by atoms with E-state index in [1.165, 1.54) is 0 Å². The highest BCUT2D eigenvalue weighted by atomic mass is 19.1. The van der Waals surface area contributed by atoms with Crippen molar-refractivity contribution in [2.75, 3.05) is 37.3 Å². The Hall–Kier alpha value is -2.14. The van der Waals surface area contributed by atoms with Gasteiger partial charge >= 0.3 is 0 Å². The SMILES string of the molecule is CCCN(CCNC)c1cc(F)cc(CCc2cc(C)cc(N)n2)c1. The fourth-order valence-electron chi connectivity index (χ4n) is 3.02. The quantitative estimate of drug-likeness (QED) is 0.733. The largest absolute Gasteiger partial charge is 0.384 e. The lowest BCUT2D eigenvalue weighted by atomic mass is 10.1. The summed E-state index contributed by atoms with van der Waals surface area (Å²) in [5, 5.41) is 3.16. The summed E-state index contributed by atoms with van der Waals surface area (Å²) in [5.41, 5.74) is 9.80. The van der Waals surface area contributed by atoms with Gasteiger partial charge in [-0.1, -0.05) is 6.92 Å². The first-order chi connectivity index (χ1) is 12.0. The average molecular weight is 344 g/mol. The van der Waals surface area contributed by atoms with Crippen molar-refractivity contribution >= 4 is 11.5 Å². The van der Waals surface area contributed by atoms with Crippen molar-refractivity contribution in [3.63, 3.8) is 0 Å². The van der Waals surface area contributed by atoms with Gasteiger partial charge in [-0.25, -0.2) is 9.37 Å². The number of anilines is 2. The molecule has 0 radical (unpaired) electrons. The van der Waals surface area contributed by atoms with Gasteiger partial charge in [0.1, 0.15) is 11.6 Å². The molecule has 4 nitrogen and oxygen atoms in total. The van der Waals surface area contributed by atoms with Crippen molar-refractivity contribution < 1.29 is 4.39 Å².